The Morgan fingerprint density at radius 1 is 1.20 bits per heavy atom. The second-order valence-corrected chi connectivity index (χ2v) is 8.18. The van der Waals surface area contributed by atoms with Crippen LogP contribution in [-0.2, 0) is 17.8 Å². The normalized spacial score (nSPS) is 21.2. The van der Waals surface area contributed by atoms with Crippen molar-refractivity contribution >= 4 is 22.9 Å². The van der Waals surface area contributed by atoms with Crippen LogP contribution in [-0.4, -0.2) is 29.9 Å². The van der Waals surface area contributed by atoms with Gasteiger partial charge in [0.2, 0.25) is 5.91 Å². The van der Waals surface area contributed by atoms with Gasteiger partial charge < -0.3 is 16.0 Å². The molecule has 0 bridgehead atoms. The maximum Gasteiger partial charge on any atom is 0.227 e. The number of nitrogens with two attached hydrogens (primary N) is 1. The van der Waals surface area contributed by atoms with Crippen molar-refractivity contribution in [3.8, 4) is 0 Å². The molecule has 2 aromatic rings. The molecule has 1 aromatic heterocycles. The van der Waals surface area contributed by atoms with Gasteiger partial charge in [-0.2, -0.15) is 11.3 Å². The minimum atomic E-state index is 0.233. The number of piperidine rings is 1. The number of hydrogen-bond acceptors (Lipinski definition) is 4. The summed E-state index contributed by atoms with van der Waals surface area (Å²) in [6.07, 6.45) is 3.99. The lowest BCUT2D eigenvalue weighted by Crippen LogP contribution is -2.39. The molecule has 1 saturated heterocycles. The number of hydrogen-bond donors (Lipinski definition) is 2. The molecule has 5 heteroatoms. The third-order valence-corrected chi connectivity index (χ3v) is 6.44. The fourth-order valence-electron chi connectivity index (χ4n) is 4.09. The van der Waals surface area contributed by atoms with Crippen molar-refractivity contribution in [2.75, 3.05) is 18.8 Å². The number of thiophene rings is 1. The molecule has 1 amide bonds. The Kier molecular flexibility index (Phi) is 4.52. The van der Waals surface area contributed by atoms with E-state index in [1.54, 1.807) is 11.3 Å². The third-order valence-electron chi connectivity index (χ3n) is 5.71. The molecule has 1 unspecified atom stereocenters. The van der Waals surface area contributed by atoms with E-state index in [1.807, 2.05) is 24.3 Å². The molecule has 1 aromatic carbocycles. The molecule has 1 saturated carbocycles. The number of carbonyl (C=O) groups excluding carboxylic acids is 1. The zero-order chi connectivity index (χ0) is 17.3. The van der Waals surface area contributed by atoms with Crippen molar-refractivity contribution < 1.29 is 4.79 Å². The van der Waals surface area contributed by atoms with Crippen LogP contribution in [0.2, 0.25) is 0 Å². The van der Waals surface area contributed by atoms with Crippen molar-refractivity contribution in [1.29, 1.82) is 0 Å². The molecular weight excluding hydrogens is 330 g/mol. The third kappa shape index (κ3) is 3.58. The van der Waals surface area contributed by atoms with Crippen LogP contribution >= 0.6 is 11.3 Å². The van der Waals surface area contributed by atoms with Crippen LogP contribution in [0.1, 0.15) is 30.4 Å². The minimum Gasteiger partial charge on any atom is -0.399 e. The van der Waals surface area contributed by atoms with E-state index in [1.165, 1.54) is 18.4 Å². The topological polar surface area (TPSA) is 58.4 Å². The van der Waals surface area contributed by atoms with E-state index in [0.29, 0.717) is 17.9 Å². The summed E-state index contributed by atoms with van der Waals surface area (Å²) < 4.78 is 0. The first kappa shape index (κ1) is 16.6. The Labute approximate surface area is 153 Å². The van der Waals surface area contributed by atoms with Crippen LogP contribution in [0.5, 0.6) is 0 Å². The van der Waals surface area contributed by atoms with Crippen LogP contribution in [0, 0.1) is 5.41 Å². The molecule has 1 aliphatic carbocycles. The molecule has 2 heterocycles. The van der Waals surface area contributed by atoms with Crippen LogP contribution in [0.25, 0.3) is 0 Å². The number of nitrogen functional groups attached to an aromatic ring is 1. The molecule has 25 heavy (non-hydrogen) atoms. The number of nitrogens with one attached hydrogen (secondary N) is 1. The quantitative estimate of drug-likeness (QED) is 0.811. The smallest absolute Gasteiger partial charge is 0.227 e. The molecule has 3 N–H and O–H groups in total. The monoisotopic (exact) mass is 355 g/mol. The average Bonchev–Trinajstić information content (AvgIpc) is 3.06. The summed E-state index contributed by atoms with van der Waals surface area (Å²) in [5.74, 6) is 0.233. The van der Waals surface area contributed by atoms with Gasteiger partial charge in [0.1, 0.15) is 0 Å². The van der Waals surface area contributed by atoms with Gasteiger partial charge in [-0.3, -0.25) is 4.79 Å². The maximum absolute atomic E-state index is 13.1. The zero-order valence-electron chi connectivity index (χ0n) is 14.4. The number of carbonyl (C=O) groups is 1. The largest absolute Gasteiger partial charge is 0.399 e. The SMILES string of the molecule is Nc1ccc(CC(=O)N(Cc2ccsc2)C2CC23CCNCC3)cc1. The van der Waals surface area contributed by atoms with Crippen molar-refractivity contribution in [2.45, 2.75) is 38.3 Å². The van der Waals surface area contributed by atoms with E-state index < -0.39 is 0 Å². The molecule has 4 rings (SSSR count). The van der Waals surface area contributed by atoms with Crippen LogP contribution in [0.4, 0.5) is 5.69 Å². The highest BCUT2D eigenvalue weighted by molar-refractivity contribution is 7.07. The lowest BCUT2D eigenvalue weighted by Gasteiger charge is -2.29. The predicted octanol–water partition coefficient (Wildman–Crippen LogP) is 3.04. The van der Waals surface area contributed by atoms with Crippen LogP contribution in [0.3, 0.4) is 0 Å². The molecule has 4 nitrogen and oxygen atoms in total. The van der Waals surface area contributed by atoms with E-state index in [9.17, 15) is 4.79 Å². The van der Waals surface area contributed by atoms with Crippen molar-refractivity contribution in [2.24, 2.45) is 5.41 Å². The molecule has 2 fully saturated rings. The number of amides is 1. The summed E-state index contributed by atoms with van der Waals surface area (Å²) >= 11 is 1.70. The highest BCUT2D eigenvalue weighted by atomic mass is 32.1. The first-order valence-corrected chi connectivity index (χ1v) is 9.96. The van der Waals surface area contributed by atoms with Crippen molar-refractivity contribution in [3.05, 3.63) is 52.2 Å². The summed E-state index contributed by atoms with van der Waals surface area (Å²) in [7, 11) is 0. The second-order valence-electron chi connectivity index (χ2n) is 7.40. The fraction of sp³-hybridized carbons (Fsp3) is 0.450. The van der Waals surface area contributed by atoms with Crippen molar-refractivity contribution in [1.82, 2.24) is 10.2 Å². The Hall–Kier alpha value is -1.85. The number of nitrogens with zero attached hydrogens (tertiary/aromatic N) is 1. The van der Waals surface area contributed by atoms with Crippen LogP contribution in [0.15, 0.2) is 41.1 Å². The van der Waals surface area contributed by atoms with Gasteiger partial charge in [-0.15, -0.1) is 0 Å². The van der Waals surface area contributed by atoms with Gasteiger partial charge in [0.15, 0.2) is 0 Å². The fourth-order valence-corrected chi connectivity index (χ4v) is 4.75. The molecule has 0 radical (unpaired) electrons. The first-order chi connectivity index (χ1) is 12.2. The van der Waals surface area contributed by atoms with Crippen molar-refractivity contribution in [3.63, 3.8) is 0 Å². The molecule has 2 aliphatic rings. The van der Waals surface area contributed by atoms with E-state index in [0.717, 1.165) is 37.3 Å². The minimum absolute atomic E-state index is 0.233. The number of benzene rings is 1. The standard InChI is InChI=1S/C20H25N3OS/c21-17-3-1-15(2-4-17)11-19(24)23(13-16-5-10-25-14-16)18-12-20(18)6-8-22-9-7-20/h1-5,10,14,18,22H,6-9,11-13,21H2. The average molecular weight is 356 g/mol. The van der Waals surface area contributed by atoms with E-state index in [4.69, 9.17) is 5.73 Å². The van der Waals surface area contributed by atoms with Gasteiger partial charge in [0, 0.05) is 18.3 Å². The molecule has 1 atom stereocenters. The van der Waals surface area contributed by atoms with E-state index in [2.05, 4.69) is 27.0 Å². The van der Waals surface area contributed by atoms with E-state index in [-0.39, 0.29) is 5.91 Å². The Balaban J connectivity index is 1.50. The predicted molar refractivity (Wildman–Crippen MR) is 102 cm³/mol. The summed E-state index contributed by atoms with van der Waals surface area (Å²) in [6, 6.07) is 10.2. The summed E-state index contributed by atoms with van der Waals surface area (Å²) in [5.41, 5.74) is 9.14. The second kappa shape index (κ2) is 6.81. The first-order valence-electron chi connectivity index (χ1n) is 9.02. The Morgan fingerprint density at radius 3 is 2.64 bits per heavy atom. The maximum atomic E-state index is 13.1. The van der Waals surface area contributed by atoms with Crippen LogP contribution < -0.4 is 11.1 Å². The summed E-state index contributed by atoms with van der Waals surface area (Å²) in [5, 5.41) is 7.69. The number of rotatable bonds is 5. The van der Waals surface area contributed by atoms with Gasteiger partial charge >= 0.3 is 0 Å². The molecule has 132 valence electrons. The number of anilines is 1. The molecular formula is C20H25N3OS. The van der Waals surface area contributed by atoms with Gasteiger partial charge in [-0.25, -0.2) is 0 Å². The Bertz CT molecular complexity index is 720. The molecule has 1 aliphatic heterocycles. The molecule has 1 spiro atoms. The highest BCUT2D eigenvalue weighted by Crippen LogP contribution is 2.56. The van der Waals surface area contributed by atoms with E-state index >= 15 is 0 Å². The van der Waals surface area contributed by atoms with Gasteiger partial charge in [0.25, 0.3) is 0 Å². The van der Waals surface area contributed by atoms with Gasteiger partial charge in [-0.1, -0.05) is 12.1 Å². The summed E-state index contributed by atoms with van der Waals surface area (Å²) in [6.45, 7) is 2.89. The highest BCUT2D eigenvalue weighted by Gasteiger charge is 2.57. The summed E-state index contributed by atoms with van der Waals surface area (Å²) in [4.78, 5) is 15.3. The zero-order valence-corrected chi connectivity index (χ0v) is 15.2. The van der Waals surface area contributed by atoms with Gasteiger partial charge in [-0.05, 0) is 77.9 Å². The lowest BCUT2D eigenvalue weighted by molar-refractivity contribution is -0.132. The Morgan fingerprint density at radius 2 is 1.96 bits per heavy atom. The lowest BCUT2D eigenvalue weighted by atomic mass is 9.93. The van der Waals surface area contributed by atoms with Gasteiger partial charge in [0.05, 0.1) is 6.42 Å².